The maximum absolute atomic E-state index is 10.6. The van der Waals surface area contributed by atoms with Gasteiger partial charge in [0.15, 0.2) is 0 Å². The Morgan fingerprint density at radius 2 is 1.11 bits per heavy atom. The van der Waals surface area contributed by atoms with E-state index in [0.29, 0.717) is 0 Å². The van der Waals surface area contributed by atoms with Crippen LogP contribution in [-0.4, -0.2) is 46.6 Å². The third kappa shape index (κ3) is 22.7. The van der Waals surface area contributed by atoms with Gasteiger partial charge in [-0.05, 0) is 27.7 Å². The summed E-state index contributed by atoms with van der Waals surface area (Å²) in [6, 6.07) is 0. The first kappa shape index (κ1) is 23.2. The van der Waals surface area contributed by atoms with Crippen LogP contribution < -0.4 is 10.2 Å². The Morgan fingerprint density at radius 1 is 0.895 bits per heavy atom. The molecule has 0 fully saturated rings. The van der Waals surface area contributed by atoms with Gasteiger partial charge in [-0.1, -0.05) is 13.2 Å². The molecule has 0 bridgehead atoms. The van der Waals surface area contributed by atoms with Crippen molar-refractivity contribution in [3.63, 3.8) is 0 Å². The summed E-state index contributed by atoms with van der Waals surface area (Å²) in [5.41, 5.74) is 0. The molecule has 0 heterocycles. The van der Waals surface area contributed by atoms with E-state index in [2.05, 4.69) is 22.6 Å². The minimum atomic E-state index is -1.65. The van der Waals surface area contributed by atoms with Gasteiger partial charge in [-0.3, -0.25) is 0 Å². The molecule has 0 saturated heterocycles. The zero-order valence-corrected chi connectivity index (χ0v) is 13.1. The van der Waals surface area contributed by atoms with Gasteiger partial charge < -0.3 is 19.7 Å². The first-order chi connectivity index (χ1) is 7.91. The van der Waals surface area contributed by atoms with E-state index in [1.54, 1.807) is 0 Å². The number of esters is 2. The summed E-state index contributed by atoms with van der Waals surface area (Å²) < 4.78 is 8.55. The molecule has 0 aliphatic rings. The molecule has 0 radical (unpaired) electrons. The molecular formula is C12H18MgO6. The van der Waals surface area contributed by atoms with Gasteiger partial charge in [-0.15, -0.1) is 0 Å². The van der Waals surface area contributed by atoms with Crippen LogP contribution in [0.25, 0.3) is 0 Å². The maximum Gasteiger partial charge on any atom is 2.00 e. The van der Waals surface area contributed by atoms with Crippen molar-refractivity contribution in [2.75, 3.05) is 0 Å². The molecule has 0 aliphatic heterocycles. The summed E-state index contributed by atoms with van der Waals surface area (Å²) in [6.07, 6.45) is 1.92. The van der Waals surface area contributed by atoms with Crippen molar-refractivity contribution in [1.82, 2.24) is 0 Å². The summed E-state index contributed by atoms with van der Waals surface area (Å²) in [6.45, 7) is 11.3. The third-order valence-corrected chi connectivity index (χ3v) is 1.03. The smallest absolute Gasteiger partial charge is 0.819 e. The van der Waals surface area contributed by atoms with E-state index in [1.807, 2.05) is 0 Å². The number of ether oxygens (including phenoxy) is 2. The van der Waals surface area contributed by atoms with Crippen molar-refractivity contribution in [1.29, 1.82) is 0 Å². The fraction of sp³-hybridized carbons (Fsp3) is 0.500. The van der Waals surface area contributed by atoms with E-state index < -0.39 is 23.5 Å². The van der Waals surface area contributed by atoms with Gasteiger partial charge in [-0.2, -0.15) is 0 Å². The third-order valence-electron chi connectivity index (χ3n) is 1.03. The standard InChI is InChI=1S/2C6H9O3.Mg/c2*1-4-5(7)9-6(2,3)8;/h2*4H,1H2,2-3H3;/q2*-1;+2. The van der Waals surface area contributed by atoms with Crippen LogP contribution in [0.3, 0.4) is 0 Å². The average Bonchev–Trinajstić information content (AvgIpc) is 2.13. The summed E-state index contributed by atoms with van der Waals surface area (Å²) in [4.78, 5) is 20.6. The van der Waals surface area contributed by atoms with Gasteiger partial charge in [0.05, 0.1) is 0 Å². The fourth-order valence-electron chi connectivity index (χ4n) is 0.568. The fourth-order valence-corrected chi connectivity index (χ4v) is 0.568. The normalized spacial score (nSPS) is 10.0. The summed E-state index contributed by atoms with van der Waals surface area (Å²) in [5.74, 6) is -4.67. The zero-order chi connectivity index (χ0) is 15.0. The molecule has 0 unspecified atom stereocenters. The van der Waals surface area contributed by atoms with Gasteiger partial charge in [0.1, 0.15) is 0 Å². The van der Waals surface area contributed by atoms with Crippen molar-refractivity contribution in [3.8, 4) is 0 Å². The molecule has 0 atom stereocenters. The van der Waals surface area contributed by atoms with Crippen LogP contribution in [0.1, 0.15) is 27.7 Å². The van der Waals surface area contributed by atoms with Crippen LogP contribution >= 0.6 is 0 Å². The first-order valence-electron chi connectivity index (χ1n) is 5.03. The predicted molar refractivity (Wildman–Crippen MR) is 66.5 cm³/mol. The molecule has 7 heteroatoms. The molecule has 0 aromatic rings. The van der Waals surface area contributed by atoms with E-state index in [9.17, 15) is 19.8 Å². The molecule has 0 saturated carbocycles. The molecule has 19 heavy (non-hydrogen) atoms. The molecule has 0 rings (SSSR count). The van der Waals surface area contributed by atoms with Crippen molar-refractivity contribution in [3.05, 3.63) is 25.3 Å². The van der Waals surface area contributed by atoms with Gasteiger partial charge in [-0.25, -0.2) is 9.59 Å². The second-order valence-electron chi connectivity index (χ2n) is 4.05. The van der Waals surface area contributed by atoms with Crippen LogP contribution in [0.5, 0.6) is 0 Å². The Bertz CT molecular complexity index is 279. The van der Waals surface area contributed by atoms with Gasteiger partial charge >= 0.3 is 35.0 Å². The molecule has 104 valence electrons. The van der Waals surface area contributed by atoms with E-state index >= 15 is 0 Å². The van der Waals surface area contributed by atoms with Crippen LogP contribution in [0, 0.1) is 0 Å². The van der Waals surface area contributed by atoms with Crippen molar-refractivity contribution in [2.24, 2.45) is 0 Å². The topological polar surface area (TPSA) is 98.7 Å². The zero-order valence-electron chi connectivity index (χ0n) is 11.7. The van der Waals surface area contributed by atoms with Crippen LogP contribution in [0.15, 0.2) is 25.3 Å². The van der Waals surface area contributed by atoms with Crippen LogP contribution in [-0.2, 0) is 19.1 Å². The van der Waals surface area contributed by atoms with E-state index in [4.69, 9.17) is 0 Å². The van der Waals surface area contributed by atoms with Crippen molar-refractivity contribution >= 4 is 35.0 Å². The summed E-state index contributed by atoms with van der Waals surface area (Å²) in [7, 11) is 0. The van der Waals surface area contributed by atoms with E-state index in [-0.39, 0.29) is 23.1 Å². The van der Waals surface area contributed by atoms with Gasteiger partial charge in [0.2, 0.25) is 0 Å². The first-order valence-corrected chi connectivity index (χ1v) is 5.03. The molecular weight excluding hydrogens is 264 g/mol. The maximum atomic E-state index is 10.6. The van der Waals surface area contributed by atoms with Crippen LogP contribution in [0.2, 0.25) is 0 Å². The molecule has 0 N–H and O–H groups in total. The molecule has 6 nitrogen and oxygen atoms in total. The second-order valence-corrected chi connectivity index (χ2v) is 4.05. The Balaban J connectivity index is -0.000000256. The molecule has 0 aromatic carbocycles. The molecule has 0 aromatic heterocycles. The number of rotatable bonds is 4. The number of hydrogen-bond acceptors (Lipinski definition) is 6. The Morgan fingerprint density at radius 3 is 1.16 bits per heavy atom. The Labute approximate surface area is 129 Å². The SMILES string of the molecule is C=CC(=O)OC(C)(C)[O-].C=CC(=O)OC(C)(C)[O-].[Mg+2]. The number of carbonyl (C=O) groups excluding carboxylic acids is 2. The average molecular weight is 283 g/mol. The molecule has 0 spiro atoms. The number of carbonyl (C=O) groups is 2. The minimum Gasteiger partial charge on any atom is -0.819 e. The number of hydrogen-bond donors (Lipinski definition) is 0. The quantitative estimate of drug-likeness (QED) is 0.291. The van der Waals surface area contributed by atoms with Gasteiger partial charge in [0.25, 0.3) is 0 Å². The van der Waals surface area contributed by atoms with Crippen molar-refractivity contribution in [2.45, 2.75) is 39.3 Å². The summed E-state index contributed by atoms with van der Waals surface area (Å²) in [5, 5.41) is 21.2. The minimum absolute atomic E-state index is 0. The van der Waals surface area contributed by atoms with Crippen molar-refractivity contribution < 1.29 is 29.3 Å². The molecule has 0 amide bonds. The second kappa shape index (κ2) is 9.96. The monoisotopic (exact) mass is 282 g/mol. The Hall–Kier alpha value is -0.894. The molecule has 0 aliphatic carbocycles. The van der Waals surface area contributed by atoms with E-state index in [1.165, 1.54) is 27.7 Å². The largest absolute Gasteiger partial charge is 2.00 e. The van der Waals surface area contributed by atoms with Gasteiger partial charge in [0, 0.05) is 23.7 Å². The predicted octanol–water partition coefficient (Wildman–Crippen LogP) is -0.757. The summed E-state index contributed by atoms with van der Waals surface area (Å²) >= 11 is 0. The van der Waals surface area contributed by atoms with Crippen LogP contribution in [0.4, 0.5) is 0 Å². The van der Waals surface area contributed by atoms with E-state index in [0.717, 1.165) is 12.2 Å². The Kier molecular flexibility index (Phi) is 12.2.